The number of para-hydroxylation sites is 1. The molecule has 5 aromatic rings. The summed E-state index contributed by atoms with van der Waals surface area (Å²) in [7, 11) is -3.95. The third kappa shape index (κ3) is 6.59. The molecule has 1 saturated heterocycles. The molecule has 3 N–H and O–H groups in total. The molecule has 1 aliphatic heterocycles. The van der Waals surface area contributed by atoms with Crippen molar-refractivity contribution in [2.45, 2.75) is 41.8 Å². The molecule has 0 aliphatic carbocycles. The zero-order valence-electron chi connectivity index (χ0n) is 23.9. The number of phenolic OH excluding ortho intramolecular Hbond substituents is 1. The maximum absolute atomic E-state index is 13.5. The van der Waals surface area contributed by atoms with E-state index in [-0.39, 0.29) is 35.4 Å². The number of thioether (sulfide) groups is 1. The lowest BCUT2D eigenvalue weighted by Gasteiger charge is -2.41. The predicted molar refractivity (Wildman–Crippen MR) is 171 cm³/mol. The van der Waals surface area contributed by atoms with E-state index in [2.05, 4.69) is 16.6 Å². The highest BCUT2D eigenvalue weighted by molar-refractivity contribution is 7.99. The normalized spacial score (nSPS) is 20.4. The first-order valence-electron chi connectivity index (χ1n) is 14.2. The van der Waals surface area contributed by atoms with Crippen LogP contribution in [0.3, 0.4) is 0 Å². The summed E-state index contributed by atoms with van der Waals surface area (Å²) in [6.45, 7) is 2.04. The lowest BCUT2D eigenvalue weighted by Crippen LogP contribution is -2.38. The molecule has 44 heavy (non-hydrogen) atoms. The number of hydrogen-bond acceptors (Lipinski definition) is 8. The van der Waals surface area contributed by atoms with Crippen LogP contribution in [0.15, 0.2) is 119 Å². The highest BCUT2D eigenvalue weighted by atomic mass is 32.2. The first kappa shape index (κ1) is 30.1. The lowest BCUT2D eigenvalue weighted by atomic mass is 9.91. The fourth-order valence-electron chi connectivity index (χ4n) is 5.28. The van der Waals surface area contributed by atoms with Crippen LogP contribution in [0.2, 0.25) is 0 Å². The first-order valence-corrected chi connectivity index (χ1v) is 16.7. The van der Waals surface area contributed by atoms with Crippen LogP contribution < -0.4 is 4.72 Å². The maximum atomic E-state index is 13.5. The van der Waals surface area contributed by atoms with E-state index < -0.39 is 16.3 Å². The lowest BCUT2D eigenvalue weighted by molar-refractivity contribution is -0.268. The Balaban J connectivity index is 1.27. The van der Waals surface area contributed by atoms with Crippen LogP contribution in [0.4, 0.5) is 5.69 Å². The highest BCUT2D eigenvalue weighted by Gasteiger charge is 2.38. The number of anilines is 1. The second-order valence-electron chi connectivity index (χ2n) is 10.7. The van der Waals surface area contributed by atoms with Gasteiger partial charge in [-0.15, -0.1) is 11.8 Å². The van der Waals surface area contributed by atoms with Gasteiger partial charge in [0.2, 0.25) is 0 Å². The van der Waals surface area contributed by atoms with Crippen LogP contribution >= 0.6 is 11.8 Å². The molecule has 1 aromatic heterocycles. The number of aliphatic hydroxyl groups excluding tert-OH is 1. The van der Waals surface area contributed by atoms with Crippen molar-refractivity contribution in [1.82, 2.24) is 4.98 Å². The number of phenols is 1. The highest BCUT2D eigenvalue weighted by Crippen LogP contribution is 2.43. The van der Waals surface area contributed by atoms with Crippen molar-refractivity contribution in [3.05, 3.63) is 126 Å². The molecule has 1 aliphatic rings. The van der Waals surface area contributed by atoms with Gasteiger partial charge < -0.3 is 19.7 Å². The second-order valence-corrected chi connectivity index (χ2v) is 13.4. The second kappa shape index (κ2) is 13.0. The summed E-state index contributed by atoms with van der Waals surface area (Å²) in [5.41, 5.74) is 3.22. The van der Waals surface area contributed by atoms with Gasteiger partial charge in [-0.3, -0.25) is 9.71 Å². The Bertz CT molecular complexity index is 1840. The summed E-state index contributed by atoms with van der Waals surface area (Å²) in [6.07, 6.45) is 0.291. The average molecular weight is 629 g/mol. The number of ether oxygens (including phenoxy) is 2. The molecule has 4 atom stereocenters. The third-order valence-corrected chi connectivity index (χ3v) is 10.2. The number of sulfonamides is 1. The molecule has 0 radical (unpaired) electrons. The van der Waals surface area contributed by atoms with Crippen molar-refractivity contribution in [2.24, 2.45) is 5.92 Å². The number of nitrogens with zero attached hydrogens (tertiary/aromatic N) is 1. The molecule has 0 spiro atoms. The Morgan fingerprint density at radius 1 is 0.886 bits per heavy atom. The smallest absolute Gasteiger partial charge is 0.264 e. The summed E-state index contributed by atoms with van der Waals surface area (Å²) < 4.78 is 42.8. The van der Waals surface area contributed by atoms with Crippen LogP contribution in [0, 0.1) is 5.92 Å². The molecule has 2 heterocycles. The molecular formula is C34H32N2O6S2. The molecule has 0 saturated carbocycles. The van der Waals surface area contributed by atoms with Gasteiger partial charge >= 0.3 is 0 Å². The molecule has 226 valence electrons. The van der Waals surface area contributed by atoms with Gasteiger partial charge in [0, 0.05) is 39.4 Å². The molecule has 10 heteroatoms. The molecule has 1 fully saturated rings. The number of benzene rings is 4. The number of aliphatic hydroxyl groups is 1. The van der Waals surface area contributed by atoms with Gasteiger partial charge in [0.15, 0.2) is 6.29 Å². The maximum Gasteiger partial charge on any atom is 0.264 e. The number of hydrogen-bond donors (Lipinski definition) is 3. The molecular weight excluding hydrogens is 597 g/mol. The van der Waals surface area contributed by atoms with E-state index in [1.165, 1.54) is 0 Å². The molecule has 6 rings (SSSR count). The van der Waals surface area contributed by atoms with Crippen molar-refractivity contribution >= 4 is 38.4 Å². The van der Waals surface area contributed by atoms with Crippen LogP contribution in [-0.2, 0) is 26.1 Å². The van der Waals surface area contributed by atoms with Crippen LogP contribution in [0.5, 0.6) is 5.75 Å². The Hall–Kier alpha value is -3.93. The van der Waals surface area contributed by atoms with Gasteiger partial charge in [0.1, 0.15) is 10.6 Å². The van der Waals surface area contributed by atoms with E-state index >= 15 is 0 Å². The minimum Gasteiger partial charge on any atom is -0.508 e. The Morgan fingerprint density at radius 3 is 2.41 bits per heavy atom. The third-order valence-electron chi connectivity index (χ3n) is 7.67. The number of rotatable bonds is 9. The Labute approximate surface area is 260 Å². The van der Waals surface area contributed by atoms with Crippen molar-refractivity contribution < 1.29 is 28.1 Å². The average Bonchev–Trinajstić information content (AvgIpc) is 3.04. The van der Waals surface area contributed by atoms with Crippen LogP contribution in [-0.4, -0.2) is 35.5 Å². The molecule has 4 aromatic carbocycles. The van der Waals surface area contributed by atoms with Crippen molar-refractivity contribution in [3.63, 3.8) is 0 Å². The molecule has 0 bridgehead atoms. The van der Waals surface area contributed by atoms with E-state index in [1.54, 1.807) is 66.5 Å². The van der Waals surface area contributed by atoms with E-state index in [4.69, 9.17) is 9.47 Å². The molecule has 0 amide bonds. The van der Waals surface area contributed by atoms with E-state index in [1.807, 2.05) is 54.6 Å². The SMILES string of the molecule is CC1C(CSc2ccc(O)cc2)OC(c2cccc(NS(=O)(=O)c3cccc4cccnc34)c2)OC1c1ccc(CO)cc1. The van der Waals surface area contributed by atoms with Crippen molar-refractivity contribution in [1.29, 1.82) is 0 Å². The minimum absolute atomic E-state index is 0.0172. The van der Waals surface area contributed by atoms with Crippen LogP contribution in [0.1, 0.15) is 36.0 Å². The summed E-state index contributed by atoms with van der Waals surface area (Å²) in [6, 6.07) is 30.4. The van der Waals surface area contributed by atoms with Crippen LogP contribution in [0.25, 0.3) is 10.9 Å². The number of nitrogens with one attached hydrogen (secondary N) is 1. The van der Waals surface area contributed by atoms with Gasteiger partial charge in [-0.05, 0) is 59.7 Å². The van der Waals surface area contributed by atoms with Gasteiger partial charge in [-0.2, -0.15) is 0 Å². The Kier molecular flexibility index (Phi) is 8.88. The van der Waals surface area contributed by atoms with E-state index in [0.717, 1.165) is 21.4 Å². The standard InChI is InChI=1S/C34H32N2O6S2/c1-22-30(21-43-29-16-14-28(38)15-17-29)41-34(42-33(22)25-12-10-23(20-37)11-13-25)26-6-2-8-27(19-26)36-44(39,40)31-9-3-5-24-7-4-18-35-32(24)31/h2-19,22,30,33-34,36-38H,20-21H2,1H3. The summed E-state index contributed by atoms with van der Waals surface area (Å²) in [4.78, 5) is 5.40. The summed E-state index contributed by atoms with van der Waals surface area (Å²) in [5, 5.41) is 19.9. The number of fused-ring (bicyclic) bond motifs is 1. The van der Waals surface area contributed by atoms with Crippen molar-refractivity contribution in [2.75, 3.05) is 10.5 Å². The summed E-state index contributed by atoms with van der Waals surface area (Å²) >= 11 is 1.63. The van der Waals surface area contributed by atoms with Gasteiger partial charge in [0.25, 0.3) is 10.0 Å². The predicted octanol–water partition coefficient (Wildman–Crippen LogP) is 6.82. The molecule has 8 nitrogen and oxygen atoms in total. The number of aromatic nitrogens is 1. The molecule has 4 unspecified atom stereocenters. The fourth-order valence-corrected chi connectivity index (χ4v) is 7.58. The minimum atomic E-state index is -3.95. The van der Waals surface area contributed by atoms with Gasteiger partial charge in [-0.1, -0.05) is 61.5 Å². The first-order chi connectivity index (χ1) is 21.3. The van der Waals surface area contributed by atoms with Gasteiger partial charge in [-0.25, -0.2) is 8.42 Å². The number of pyridine rings is 1. The van der Waals surface area contributed by atoms with E-state index in [9.17, 15) is 18.6 Å². The quantitative estimate of drug-likeness (QED) is 0.152. The zero-order chi connectivity index (χ0) is 30.7. The Morgan fingerprint density at radius 2 is 1.64 bits per heavy atom. The monoisotopic (exact) mass is 628 g/mol. The topological polar surface area (TPSA) is 118 Å². The fraction of sp³-hybridized carbons (Fsp3) is 0.206. The van der Waals surface area contributed by atoms with Gasteiger partial charge in [0.05, 0.1) is 24.3 Å². The zero-order valence-corrected chi connectivity index (χ0v) is 25.5. The summed E-state index contributed by atoms with van der Waals surface area (Å²) in [5.74, 6) is 0.831. The largest absolute Gasteiger partial charge is 0.508 e. The van der Waals surface area contributed by atoms with Crippen molar-refractivity contribution in [3.8, 4) is 5.75 Å². The number of aromatic hydroxyl groups is 1. The van der Waals surface area contributed by atoms with E-state index in [0.29, 0.717) is 22.5 Å².